The van der Waals surface area contributed by atoms with E-state index in [1.807, 2.05) is 66.8 Å². The molecular formula is C50H34O6. The Morgan fingerprint density at radius 2 is 1.11 bits per heavy atom. The van der Waals surface area contributed by atoms with Crippen LogP contribution in [0, 0.1) is 0 Å². The van der Waals surface area contributed by atoms with Gasteiger partial charge in [-0.15, -0.1) is 0 Å². The molecule has 0 saturated carbocycles. The van der Waals surface area contributed by atoms with Gasteiger partial charge in [0.1, 0.15) is 11.3 Å². The van der Waals surface area contributed by atoms with Crippen LogP contribution in [0.25, 0.3) is 82.9 Å². The smallest absolute Gasteiger partial charge is 0.205 e. The molecule has 0 spiro atoms. The van der Waals surface area contributed by atoms with Crippen molar-refractivity contribution in [2.75, 3.05) is 0 Å². The van der Waals surface area contributed by atoms with E-state index in [0.717, 1.165) is 55.3 Å². The normalized spacial score (nSPS) is 13.9. The lowest BCUT2D eigenvalue weighted by Gasteiger charge is -2.23. The number of phenolic OH excluding ortho intramolecular Hbond substituents is 5. The second-order valence-corrected chi connectivity index (χ2v) is 14.2. The highest BCUT2D eigenvalue weighted by molar-refractivity contribution is 6.27. The Morgan fingerprint density at radius 1 is 0.482 bits per heavy atom. The molecule has 270 valence electrons. The second kappa shape index (κ2) is 12.9. The van der Waals surface area contributed by atoms with Crippen molar-refractivity contribution in [2.24, 2.45) is 0 Å². The molecule has 0 atom stereocenters. The lowest BCUT2D eigenvalue weighted by Crippen LogP contribution is -2.00. The van der Waals surface area contributed by atoms with Crippen LogP contribution in [0.4, 0.5) is 0 Å². The molecule has 7 aromatic carbocycles. The Morgan fingerprint density at radius 3 is 1.86 bits per heavy atom. The Labute approximate surface area is 321 Å². The molecule has 0 bridgehead atoms. The van der Waals surface area contributed by atoms with E-state index in [2.05, 4.69) is 91.0 Å². The highest BCUT2D eigenvalue weighted by Crippen LogP contribution is 2.58. The Hall–Kier alpha value is -7.44. The van der Waals surface area contributed by atoms with Crippen molar-refractivity contribution in [1.82, 2.24) is 0 Å². The number of rotatable bonds is 4. The van der Waals surface area contributed by atoms with Gasteiger partial charge in [0.15, 0.2) is 17.1 Å². The van der Waals surface area contributed by atoms with Crippen LogP contribution in [0.1, 0.15) is 22.6 Å². The molecule has 2 aliphatic rings. The van der Waals surface area contributed by atoms with Gasteiger partial charge in [0.25, 0.3) is 0 Å². The van der Waals surface area contributed by atoms with Crippen molar-refractivity contribution in [1.29, 1.82) is 0 Å². The zero-order chi connectivity index (χ0) is 38.1. The minimum absolute atomic E-state index is 0.0239. The van der Waals surface area contributed by atoms with Crippen molar-refractivity contribution in [3.8, 4) is 62.1 Å². The molecule has 5 N–H and O–H groups in total. The summed E-state index contributed by atoms with van der Waals surface area (Å²) in [6, 6.07) is 33.1. The summed E-state index contributed by atoms with van der Waals surface area (Å²) in [6.45, 7) is 0. The van der Waals surface area contributed by atoms with E-state index in [4.69, 9.17) is 4.42 Å². The van der Waals surface area contributed by atoms with Crippen molar-refractivity contribution < 1.29 is 29.9 Å². The highest BCUT2D eigenvalue weighted by Gasteiger charge is 2.32. The molecule has 0 fully saturated rings. The molecule has 6 nitrogen and oxygen atoms in total. The molecule has 1 aromatic heterocycles. The molecule has 0 radical (unpaired) electrons. The lowest BCUT2D eigenvalue weighted by molar-refractivity contribution is 0.350. The number of allylic oxidation sites excluding steroid dienone is 9. The number of furan rings is 1. The predicted molar refractivity (Wildman–Crippen MR) is 225 cm³/mol. The van der Waals surface area contributed by atoms with Gasteiger partial charge >= 0.3 is 0 Å². The van der Waals surface area contributed by atoms with E-state index < -0.39 is 28.9 Å². The predicted octanol–water partition coefficient (Wildman–Crippen LogP) is 12.3. The van der Waals surface area contributed by atoms with Gasteiger partial charge < -0.3 is 29.9 Å². The van der Waals surface area contributed by atoms with Crippen LogP contribution in [-0.4, -0.2) is 25.5 Å². The van der Waals surface area contributed by atoms with Crippen LogP contribution in [0.5, 0.6) is 28.7 Å². The SMILES string of the molecule is Oc1c(O)c(O)c2c(c1O)c(C1C=CC=CC=C1)c(O)c1c2oc2cccc(-c3c4c(c(-c5ccccc5-c5ccccc5)c5ccccc35)C=CC=CC4)c21. The first-order valence-corrected chi connectivity index (χ1v) is 18.5. The number of phenols is 5. The zero-order valence-corrected chi connectivity index (χ0v) is 29.9. The third-order valence-corrected chi connectivity index (χ3v) is 11.1. The molecule has 1 heterocycles. The van der Waals surface area contributed by atoms with Gasteiger partial charge in [-0.3, -0.25) is 0 Å². The van der Waals surface area contributed by atoms with Gasteiger partial charge in [0, 0.05) is 22.3 Å². The maximum atomic E-state index is 12.5. The van der Waals surface area contributed by atoms with E-state index >= 15 is 0 Å². The van der Waals surface area contributed by atoms with Gasteiger partial charge in [-0.1, -0.05) is 152 Å². The summed E-state index contributed by atoms with van der Waals surface area (Å²) in [5, 5.41) is 59.9. The van der Waals surface area contributed by atoms with Crippen LogP contribution in [0.2, 0.25) is 0 Å². The minimum Gasteiger partial charge on any atom is -0.507 e. The van der Waals surface area contributed by atoms with Crippen molar-refractivity contribution in [3.05, 3.63) is 168 Å². The number of hydrogen-bond acceptors (Lipinski definition) is 6. The summed E-state index contributed by atoms with van der Waals surface area (Å²) in [6.07, 6.45) is 20.2. The van der Waals surface area contributed by atoms with Gasteiger partial charge in [0.05, 0.1) is 10.8 Å². The fourth-order valence-electron chi connectivity index (χ4n) is 8.76. The fraction of sp³-hybridized carbons (Fsp3) is 0.0400. The number of aromatic hydroxyl groups is 5. The first-order valence-electron chi connectivity index (χ1n) is 18.5. The molecule has 56 heavy (non-hydrogen) atoms. The maximum absolute atomic E-state index is 12.5. The summed E-state index contributed by atoms with van der Waals surface area (Å²) in [4.78, 5) is 0. The second-order valence-electron chi connectivity index (χ2n) is 14.2. The van der Waals surface area contributed by atoms with E-state index in [0.29, 0.717) is 22.8 Å². The molecule has 0 unspecified atom stereocenters. The van der Waals surface area contributed by atoms with Crippen LogP contribution in [0.15, 0.2) is 156 Å². The molecule has 6 heteroatoms. The number of benzene rings is 7. The van der Waals surface area contributed by atoms with Crippen LogP contribution in [0.3, 0.4) is 0 Å². The molecule has 2 aliphatic carbocycles. The maximum Gasteiger partial charge on any atom is 0.205 e. The zero-order valence-electron chi connectivity index (χ0n) is 29.9. The topological polar surface area (TPSA) is 114 Å². The average Bonchev–Trinajstić information content (AvgIpc) is 3.36. The fourth-order valence-corrected chi connectivity index (χ4v) is 8.76. The number of hydrogen-bond donors (Lipinski definition) is 5. The lowest BCUT2D eigenvalue weighted by atomic mass is 9.80. The van der Waals surface area contributed by atoms with E-state index in [9.17, 15) is 25.5 Å². The van der Waals surface area contributed by atoms with Crippen LogP contribution < -0.4 is 0 Å². The third kappa shape index (κ3) is 4.82. The minimum atomic E-state index is -0.893. The third-order valence-electron chi connectivity index (χ3n) is 11.1. The van der Waals surface area contributed by atoms with E-state index in [1.165, 1.54) is 0 Å². The van der Waals surface area contributed by atoms with E-state index in [1.54, 1.807) is 0 Å². The summed E-state index contributed by atoms with van der Waals surface area (Å²) in [5.74, 6) is -3.89. The Bertz CT molecular complexity index is 3090. The Kier molecular flexibility index (Phi) is 7.61. The van der Waals surface area contributed by atoms with Gasteiger partial charge in [-0.25, -0.2) is 0 Å². The standard InChI is InChI=1S/C50H34O6/c51-45-38(29-18-5-1-2-6-19-29)42-44(47(53)49(55)48(54)46(42)52)50-43(45)41-36(26-15-27-37(41)56-50)40-34-22-10-4-9-21-32(34)39(33-24-13-14-25-35(33)40)31-23-12-11-20-30(31)28-16-7-3-8-17-28/h1-21,23-27,29,51-55H,22H2. The van der Waals surface area contributed by atoms with Gasteiger partial charge in [0.2, 0.25) is 11.5 Å². The van der Waals surface area contributed by atoms with Crippen molar-refractivity contribution in [3.63, 3.8) is 0 Å². The summed E-state index contributed by atoms with van der Waals surface area (Å²) < 4.78 is 6.54. The molecule has 8 aromatic rings. The largest absolute Gasteiger partial charge is 0.507 e. The quantitative estimate of drug-likeness (QED) is 0.0910. The van der Waals surface area contributed by atoms with E-state index in [-0.39, 0.29) is 27.7 Å². The van der Waals surface area contributed by atoms with Crippen molar-refractivity contribution >= 4 is 49.6 Å². The monoisotopic (exact) mass is 730 g/mol. The summed E-state index contributed by atoms with van der Waals surface area (Å²) in [5.41, 5.74) is 9.18. The molecule has 0 saturated heterocycles. The molecular weight excluding hydrogens is 697 g/mol. The molecule has 10 rings (SSSR count). The first-order chi connectivity index (χ1) is 27.4. The van der Waals surface area contributed by atoms with Gasteiger partial charge in [-0.05, 0) is 67.8 Å². The average molecular weight is 731 g/mol. The molecule has 0 amide bonds. The summed E-state index contributed by atoms with van der Waals surface area (Å²) >= 11 is 0. The Balaban J connectivity index is 1.37. The van der Waals surface area contributed by atoms with Gasteiger partial charge in [-0.2, -0.15) is 0 Å². The highest BCUT2D eigenvalue weighted by atomic mass is 16.4. The first kappa shape index (κ1) is 33.2. The summed E-state index contributed by atoms with van der Waals surface area (Å²) in [7, 11) is 0. The van der Waals surface area contributed by atoms with Crippen LogP contribution in [-0.2, 0) is 6.42 Å². The molecule has 0 aliphatic heterocycles. The van der Waals surface area contributed by atoms with Crippen LogP contribution >= 0.6 is 0 Å². The number of fused-ring (bicyclic) bond motifs is 7. The van der Waals surface area contributed by atoms with Crippen molar-refractivity contribution in [2.45, 2.75) is 12.3 Å².